The fourth-order valence-electron chi connectivity index (χ4n) is 3.19. The summed E-state index contributed by atoms with van der Waals surface area (Å²) in [6.07, 6.45) is 7.70. The minimum absolute atomic E-state index is 0.129. The van der Waals surface area contributed by atoms with Crippen LogP contribution in [0.4, 0.5) is 10.2 Å². The molecule has 3 aromatic heterocycles. The van der Waals surface area contributed by atoms with Gasteiger partial charge >= 0.3 is 0 Å². The lowest BCUT2D eigenvalue weighted by molar-refractivity contribution is 0.116. The highest BCUT2D eigenvalue weighted by Crippen LogP contribution is 2.27. The molecule has 3 aromatic rings. The molecule has 0 aliphatic heterocycles. The molecule has 2 atom stereocenters. The summed E-state index contributed by atoms with van der Waals surface area (Å²) in [5.74, 6) is 0.0297. The third-order valence-electron chi connectivity index (χ3n) is 4.49. The van der Waals surface area contributed by atoms with E-state index in [4.69, 9.17) is 0 Å². The second kappa shape index (κ2) is 6.16. The fraction of sp³-hybridized carbons (Fsp3) is 0.353. The van der Waals surface area contributed by atoms with Crippen LogP contribution in [0.25, 0.3) is 22.4 Å². The van der Waals surface area contributed by atoms with Crippen LogP contribution in [-0.2, 0) is 0 Å². The first-order valence-electron chi connectivity index (χ1n) is 8.12. The Morgan fingerprint density at radius 1 is 1.25 bits per heavy atom. The molecule has 1 saturated carbocycles. The Kier molecular flexibility index (Phi) is 3.86. The van der Waals surface area contributed by atoms with Crippen molar-refractivity contribution in [3.63, 3.8) is 0 Å². The van der Waals surface area contributed by atoms with Crippen molar-refractivity contribution in [2.24, 2.45) is 0 Å². The van der Waals surface area contributed by atoms with Gasteiger partial charge in [-0.3, -0.25) is 0 Å². The lowest BCUT2D eigenvalue weighted by Crippen LogP contribution is -2.36. The van der Waals surface area contributed by atoms with Gasteiger partial charge in [0.1, 0.15) is 5.65 Å². The summed E-state index contributed by atoms with van der Waals surface area (Å²) in [5, 5.41) is 14.0. The first-order valence-corrected chi connectivity index (χ1v) is 8.12. The van der Waals surface area contributed by atoms with E-state index in [-0.39, 0.29) is 11.9 Å². The van der Waals surface area contributed by atoms with E-state index in [9.17, 15) is 9.50 Å². The number of aliphatic hydroxyl groups excluding tert-OH is 1. The zero-order chi connectivity index (χ0) is 16.5. The summed E-state index contributed by atoms with van der Waals surface area (Å²) in [6.45, 7) is 0. The standard InChI is InChI=1S/C17H18FN5O/c18-12-9-21-16(11-8-20-15-10(11)4-3-7-19-15)23-17(12)22-13-5-1-2-6-14(13)24/h3-4,7-9,13-14,24H,1-2,5-6H2,(H,19,20)(H,21,22,23)/t13-,14+/m0/s1. The Bertz CT molecular complexity index is 865. The Morgan fingerprint density at radius 2 is 2.12 bits per heavy atom. The highest BCUT2D eigenvalue weighted by Gasteiger charge is 2.24. The third kappa shape index (κ3) is 2.71. The Hall–Kier alpha value is -2.54. The van der Waals surface area contributed by atoms with E-state index in [2.05, 4.69) is 25.3 Å². The van der Waals surface area contributed by atoms with Crippen molar-refractivity contribution in [1.29, 1.82) is 0 Å². The number of hydrogen-bond acceptors (Lipinski definition) is 5. The van der Waals surface area contributed by atoms with E-state index < -0.39 is 11.9 Å². The van der Waals surface area contributed by atoms with E-state index in [0.29, 0.717) is 5.82 Å². The maximum Gasteiger partial charge on any atom is 0.183 e. The summed E-state index contributed by atoms with van der Waals surface area (Å²) in [7, 11) is 0. The van der Waals surface area contributed by atoms with Crippen molar-refractivity contribution in [2.75, 3.05) is 5.32 Å². The minimum Gasteiger partial charge on any atom is -0.391 e. The molecule has 0 saturated heterocycles. The van der Waals surface area contributed by atoms with E-state index in [1.54, 1.807) is 12.4 Å². The Balaban J connectivity index is 1.68. The number of aromatic amines is 1. The first-order chi connectivity index (χ1) is 11.7. The number of nitrogens with zero attached hydrogens (tertiary/aromatic N) is 3. The summed E-state index contributed by atoms with van der Waals surface area (Å²) in [6, 6.07) is 3.57. The monoisotopic (exact) mass is 327 g/mol. The Morgan fingerprint density at radius 3 is 3.00 bits per heavy atom. The number of fused-ring (bicyclic) bond motifs is 1. The molecule has 0 spiro atoms. The number of anilines is 1. The van der Waals surface area contributed by atoms with Crippen molar-refractivity contribution in [3.8, 4) is 11.4 Å². The molecule has 1 aliphatic rings. The van der Waals surface area contributed by atoms with Gasteiger partial charge in [-0.15, -0.1) is 0 Å². The van der Waals surface area contributed by atoms with Crippen molar-refractivity contribution in [2.45, 2.75) is 37.8 Å². The third-order valence-corrected chi connectivity index (χ3v) is 4.49. The zero-order valence-electron chi connectivity index (χ0n) is 13.0. The highest BCUT2D eigenvalue weighted by atomic mass is 19.1. The van der Waals surface area contributed by atoms with Crippen molar-refractivity contribution in [1.82, 2.24) is 19.9 Å². The molecular formula is C17H18FN5O. The topological polar surface area (TPSA) is 86.7 Å². The second-order valence-electron chi connectivity index (χ2n) is 6.09. The number of rotatable bonds is 3. The molecule has 0 amide bonds. The number of H-pyrrole nitrogens is 1. The maximum atomic E-state index is 14.1. The predicted molar refractivity (Wildman–Crippen MR) is 89.0 cm³/mol. The lowest BCUT2D eigenvalue weighted by Gasteiger charge is -2.28. The van der Waals surface area contributed by atoms with Gasteiger partial charge in [0.05, 0.1) is 18.3 Å². The molecule has 3 heterocycles. The highest BCUT2D eigenvalue weighted by molar-refractivity contribution is 5.91. The van der Waals surface area contributed by atoms with Crippen LogP contribution in [0, 0.1) is 5.82 Å². The average molecular weight is 327 g/mol. The van der Waals surface area contributed by atoms with Gasteiger partial charge in [-0.05, 0) is 25.0 Å². The Labute approximate surface area is 138 Å². The van der Waals surface area contributed by atoms with Crippen LogP contribution in [0.1, 0.15) is 25.7 Å². The number of aliphatic hydroxyl groups is 1. The number of aromatic nitrogens is 4. The second-order valence-corrected chi connectivity index (χ2v) is 6.09. The van der Waals surface area contributed by atoms with Crippen molar-refractivity contribution in [3.05, 3.63) is 36.5 Å². The zero-order valence-corrected chi connectivity index (χ0v) is 13.0. The number of halogens is 1. The normalized spacial score (nSPS) is 21.1. The van der Waals surface area contributed by atoms with Gasteiger partial charge < -0.3 is 15.4 Å². The average Bonchev–Trinajstić information content (AvgIpc) is 3.03. The molecule has 0 aromatic carbocycles. The minimum atomic E-state index is -0.519. The molecule has 4 rings (SSSR count). The molecule has 0 unspecified atom stereocenters. The van der Waals surface area contributed by atoms with E-state index in [0.717, 1.165) is 48.5 Å². The van der Waals surface area contributed by atoms with Crippen LogP contribution in [0.15, 0.2) is 30.7 Å². The first kappa shape index (κ1) is 15.0. The molecule has 24 heavy (non-hydrogen) atoms. The molecule has 0 bridgehead atoms. The van der Waals surface area contributed by atoms with Gasteiger partial charge in [-0.1, -0.05) is 12.8 Å². The van der Waals surface area contributed by atoms with Crippen LogP contribution in [-0.4, -0.2) is 37.2 Å². The molecule has 124 valence electrons. The molecular weight excluding hydrogens is 309 g/mol. The predicted octanol–water partition coefficient (Wildman–Crippen LogP) is 2.87. The molecule has 7 heteroatoms. The smallest absolute Gasteiger partial charge is 0.183 e. The molecule has 1 fully saturated rings. The fourth-order valence-corrected chi connectivity index (χ4v) is 3.19. The van der Waals surface area contributed by atoms with E-state index >= 15 is 0 Å². The van der Waals surface area contributed by atoms with Crippen LogP contribution >= 0.6 is 0 Å². The number of pyridine rings is 1. The van der Waals surface area contributed by atoms with Gasteiger partial charge in [0.25, 0.3) is 0 Å². The van der Waals surface area contributed by atoms with Crippen LogP contribution in [0.2, 0.25) is 0 Å². The van der Waals surface area contributed by atoms with E-state index in [1.165, 1.54) is 0 Å². The van der Waals surface area contributed by atoms with Gasteiger partial charge in [-0.25, -0.2) is 19.3 Å². The van der Waals surface area contributed by atoms with Crippen LogP contribution in [0.3, 0.4) is 0 Å². The molecule has 1 aliphatic carbocycles. The summed E-state index contributed by atoms with van der Waals surface area (Å²) >= 11 is 0. The van der Waals surface area contributed by atoms with Gasteiger partial charge in [0, 0.05) is 23.3 Å². The van der Waals surface area contributed by atoms with Crippen LogP contribution in [0.5, 0.6) is 0 Å². The van der Waals surface area contributed by atoms with Crippen molar-refractivity contribution >= 4 is 16.9 Å². The lowest BCUT2D eigenvalue weighted by atomic mass is 9.92. The van der Waals surface area contributed by atoms with E-state index in [1.807, 2.05) is 12.1 Å². The van der Waals surface area contributed by atoms with Gasteiger partial charge in [-0.2, -0.15) is 0 Å². The largest absolute Gasteiger partial charge is 0.391 e. The SMILES string of the molecule is O[C@@H]1CCCC[C@@H]1Nc1nc(-c2c[nH]c3ncccc23)ncc1F. The quantitative estimate of drug-likeness (QED) is 0.688. The number of nitrogens with one attached hydrogen (secondary N) is 2. The summed E-state index contributed by atoms with van der Waals surface area (Å²) in [5.41, 5.74) is 1.50. The molecule has 0 radical (unpaired) electrons. The van der Waals surface area contributed by atoms with Gasteiger partial charge in [0.15, 0.2) is 17.5 Å². The summed E-state index contributed by atoms with van der Waals surface area (Å²) < 4.78 is 14.1. The maximum absolute atomic E-state index is 14.1. The van der Waals surface area contributed by atoms with Crippen LogP contribution < -0.4 is 5.32 Å². The van der Waals surface area contributed by atoms with Crippen molar-refractivity contribution < 1.29 is 9.50 Å². The molecule has 6 nitrogen and oxygen atoms in total. The van der Waals surface area contributed by atoms with Gasteiger partial charge in [0.2, 0.25) is 0 Å². The molecule has 3 N–H and O–H groups in total. The number of hydrogen-bond donors (Lipinski definition) is 3. The summed E-state index contributed by atoms with van der Waals surface area (Å²) in [4.78, 5) is 15.7.